The van der Waals surface area contributed by atoms with Crippen LogP contribution in [0.15, 0.2) is 55.1 Å². The van der Waals surface area contributed by atoms with Crippen molar-refractivity contribution in [1.82, 2.24) is 20.1 Å². The van der Waals surface area contributed by atoms with E-state index in [1.54, 1.807) is 23.7 Å². The van der Waals surface area contributed by atoms with Crippen molar-refractivity contribution in [2.75, 3.05) is 11.1 Å². The van der Waals surface area contributed by atoms with Crippen LogP contribution in [0.1, 0.15) is 16.4 Å². The summed E-state index contributed by atoms with van der Waals surface area (Å²) in [4.78, 5) is 24.1. The number of nitrogens with zero attached hydrogens (tertiary/aromatic N) is 3. The van der Waals surface area contributed by atoms with Crippen molar-refractivity contribution in [3.05, 3.63) is 57.1 Å². The summed E-state index contributed by atoms with van der Waals surface area (Å²) in [5, 5.41) is 14.3. The van der Waals surface area contributed by atoms with E-state index in [1.165, 1.54) is 18.0 Å². The maximum Gasteiger partial charge on any atom is 0.287 e. The molecule has 2 aromatic heterocycles. The van der Waals surface area contributed by atoms with E-state index in [0.717, 1.165) is 8.95 Å². The number of thioether (sulfide) groups is 1. The van der Waals surface area contributed by atoms with E-state index in [1.807, 2.05) is 18.2 Å². The molecule has 2 heterocycles. The number of halogens is 2. The maximum atomic E-state index is 12.2. The predicted octanol–water partition coefficient (Wildman–Crippen LogP) is 3.59. The zero-order chi connectivity index (χ0) is 20.1. The summed E-state index contributed by atoms with van der Waals surface area (Å²) in [6.07, 6.45) is 1.43. The van der Waals surface area contributed by atoms with Crippen molar-refractivity contribution in [1.29, 1.82) is 0 Å². The molecule has 11 heteroatoms. The summed E-state index contributed by atoms with van der Waals surface area (Å²) in [5.41, 5.74) is 0.680. The van der Waals surface area contributed by atoms with Crippen molar-refractivity contribution in [3.8, 4) is 0 Å². The van der Waals surface area contributed by atoms with Gasteiger partial charge in [0.15, 0.2) is 16.7 Å². The predicted molar refractivity (Wildman–Crippen MR) is 112 cm³/mol. The van der Waals surface area contributed by atoms with Crippen LogP contribution in [0.4, 0.5) is 5.69 Å². The fraction of sp³-hybridized carbons (Fsp3) is 0.176. The molecule has 0 atom stereocenters. The Kier molecular flexibility index (Phi) is 6.92. The topological polar surface area (TPSA) is 102 Å². The van der Waals surface area contributed by atoms with Crippen LogP contribution in [0, 0.1) is 0 Å². The Hall–Kier alpha value is -2.11. The maximum absolute atomic E-state index is 12.2. The molecule has 3 rings (SSSR count). The Morgan fingerprint density at radius 2 is 2.07 bits per heavy atom. The molecule has 0 fully saturated rings. The summed E-state index contributed by atoms with van der Waals surface area (Å²) >= 11 is 8.04. The number of hydrogen-bond acceptors (Lipinski definition) is 6. The van der Waals surface area contributed by atoms with Crippen LogP contribution in [0.25, 0.3) is 0 Å². The summed E-state index contributed by atoms with van der Waals surface area (Å²) < 4.78 is 8.43. The normalized spacial score (nSPS) is 10.7. The fourth-order valence-electron chi connectivity index (χ4n) is 2.19. The lowest BCUT2D eigenvalue weighted by Crippen LogP contribution is -2.24. The Bertz CT molecular complexity index is 991. The number of carbonyl (C=O) groups excluding carboxylic acids is 2. The third-order valence-corrected chi connectivity index (χ3v) is 5.82. The average Bonchev–Trinajstić information content (AvgIpc) is 3.32. The van der Waals surface area contributed by atoms with E-state index in [2.05, 4.69) is 52.7 Å². The molecule has 146 valence electrons. The van der Waals surface area contributed by atoms with Gasteiger partial charge in [0.05, 0.1) is 24.2 Å². The van der Waals surface area contributed by atoms with Gasteiger partial charge in [-0.1, -0.05) is 27.7 Å². The van der Waals surface area contributed by atoms with Gasteiger partial charge in [0.25, 0.3) is 5.91 Å². The lowest BCUT2D eigenvalue weighted by atomic mass is 10.3. The van der Waals surface area contributed by atoms with E-state index in [9.17, 15) is 9.59 Å². The van der Waals surface area contributed by atoms with E-state index in [4.69, 9.17) is 4.42 Å². The van der Waals surface area contributed by atoms with Gasteiger partial charge in [-0.2, -0.15) is 0 Å². The Balaban J connectivity index is 1.53. The highest BCUT2D eigenvalue weighted by molar-refractivity contribution is 9.11. The number of benzene rings is 1. The minimum Gasteiger partial charge on any atom is -0.459 e. The highest BCUT2D eigenvalue weighted by Crippen LogP contribution is 2.26. The molecule has 0 aliphatic carbocycles. The largest absolute Gasteiger partial charge is 0.459 e. The van der Waals surface area contributed by atoms with Gasteiger partial charge in [0.1, 0.15) is 0 Å². The average molecular weight is 529 g/mol. The van der Waals surface area contributed by atoms with E-state index in [0.29, 0.717) is 16.7 Å². The minimum atomic E-state index is -0.332. The fourth-order valence-corrected chi connectivity index (χ4v) is 3.63. The first kappa shape index (κ1) is 20.6. The number of rotatable bonds is 7. The molecule has 28 heavy (non-hydrogen) atoms. The van der Waals surface area contributed by atoms with E-state index < -0.39 is 0 Å². The quantitative estimate of drug-likeness (QED) is 0.454. The summed E-state index contributed by atoms with van der Waals surface area (Å²) in [7, 11) is 1.78. The molecule has 0 aliphatic rings. The van der Waals surface area contributed by atoms with Crippen LogP contribution < -0.4 is 10.6 Å². The molecular formula is C17H15Br2N5O3S. The molecule has 8 nitrogen and oxygen atoms in total. The number of anilines is 1. The lowest BCUT2D eigenvalue weighted by Gasteiger charge is -2.08. The molecule has 0 unspecified atom stereocenters. The second-order valence-corrected chi connectivity index (χ2v) is 8.29. The number of nitrogens with one attached hydrogen (secondary N) is 2. The molecule has 0 saturated carbocycles. The molecule has 0 saturated heterocycles. The number of carbonyl (C=O) groups is 2. The highest BCUT2D eigenvalue weighted by Gasteiger charge is 2.14. The number of furan rings is 1. The smallest absolute Gasteiger partial charge is 0.287 e. The van der Waals surface area contributed by atoms with Crippen LogP contribution in [-0.2, 0) is 18.4 Å². The highest BCUT2D eigenvalue weighted by atomic mass is 79.9. The summed E-state index contributed by atoms with van der Waals surface area (Å²) in [6.45, 7) is 0.195. The van der Waals surface area contributed by atoms with Crippen molar-refractivity contribution in [2.45, 2.75) is 11.7 Å². The number of aromatic nitrogens is 3. The molecule has 3 aromatic rings. The molecule has 0 radical (unpaired) electrons. The zero-order valence-corrected chi connectivity index (χ0v) is 18.6. The van der Waals surface area contributed by atoms with Crippen LogP contribution >= 0.6 is 43.6 Å². The van der Waals surface area contributed by atoms with Crippen LogP contribution in [0.2, 0.25) is 0 Å². The number of amides is 2. The van der Waals surface area contributed by atoms with Crippen LogP contribution in [0.5, 0.6) is 0 Å². The summed E-state index contributed by atoms with van der Waals surface area (Å²) in [6, 6.07) is 8.76. The Morgan fingerprint density at radius 3 is 2.82 bits per heavy atom. The zero-order valence-electron chi connectivity index (χ0n) is 14.6. The van der Waals surface area contributed by atoms with Gasteiger partial charge in [0, 0.05) is 16.0 Å². The van der Waals surface area contributed by atoms with Gasteiger partial charge < -0.3 is 19.6 Å². The lowest BCUT2D eigenvalue weighted by molar-refractivity contribution is -0.113. The van der Waals surface area contributed by atoms with Crippen molar-refractivity contribution < 1.29 is 14.0 Å². The summed E-state index contributed by atoms with van der Waals surface area (Å²) in [5.74, 6) is 0.467. The van der Waals surface area contributed by atoms with Crippen molar-refractivity contribution in [2.24, 2.45) is 7.05 Å². The minimum absolute atomic E-state index is 0.167. The van der Waals surface area contributed by atoms with Gasteiger partial charge in [-0.3, -0.25) is 9.59 Å². The van der Waals surface area contributed by atoms with Gasteiger partial charge >= 0.3 is 0 Å². The van der Waals surface area contributed by atoms with Crippen LogP contribution in [0.3, 0.4) is 0 Å². The molecule has 2 N–H and O–H groups in total. The molecule has 0 bridgehead atoms. The first-order valence-corrected chi connectivity index (χ1v) is 10.6. The monoisotopic (exact) mass is 527 g/mol. The second-order valence-electron chi connectivity index (χ2n) is 5.58. The molecular weight excluding hydrogens is 514 g/mol. The van der Waals surface area contributed by atoms with Gasteiger partial charge in [0.2, 0.25) is 5.91 Å². The number of hydrogen-bond donors (Lipinski definition) is 2. The van der Waals surface area contributed by atoms with Gasteiger partial charge in [-0.15, -0.1) is 10.2 Å². The Labute approximate surface area is 181 Å². The first-order valence-electron chi connectivity index (χ1n) is 8.01. The first-order chi connectivity index (χ1) is 13.4. The third-order valence-electron chi connectivity index (χ3n) is 3.61. The second kappa shape index (κ2) is 9.39. The Morgan fingerprint density at radius 1 is 1.25 bits per heavy atom. The molecule has 0 aliphatic heterocycles. The SMILES string of the molecule is Cn1c(CNC(=O)c2ccco2)nnc1SCC(=O)Nc1cc(Br)ccc1Br. The third kappa shape index (κ3) is 5.24. The standard InChI is InChI=1S/C17H15Br2N5O3S/c1-24-14(8-20-16(26)13-3-2-6-27-13)22-23-17(24)28-9-15(25)21-12-7-10(18)4-5-11(12)19/h2-7H,8-9H2,1H3,(H,20,26)(H,21,25). The van der Waals surface area contributed by atoms with Crippen molar-refractivity contribution in [3.63, 3.8) is 0 Å². The van der Waals surface area contributed by atoms with Gasteiger partial charge in [-0.25, -0.2) is 0 Å². The molecule has 0 spiro atoms. The van der Waals surface area contributed by atoms with Crippen LogP contribution in [-0.4, -0.2) is 32.3 Å². The van der Waals surface area contributed by atoms with E-state index >= 15 is 0 Å². The van der Waals surface area contributed by atoms with E-state index in [-0.39, 0.29) is 29.9 Å². The molecule has 1 aromatic carbocycles. The van der Waals surface area contributed by atoms with Gasteiger partial charge in [-0.05, 0) is 46.3 Å². The van der Waals surface area contributed by atoms with Crippen molar-refractivity contribution >= 4 is 61.1 Å². The molecule has 2 amide bonds.